The van der Waals surface area contributed by atoms with Crippen molar-refractivity contribution < 1.29 is 13.7 Å². The molecule has 0 bridgehead atoms. The zero-order valence-corrected chi connectivity index (χ0v) is 14.0. The molecule has 3 aromatic rings. The number of hydrogen-bond acceptors (Lipinski definition) is 4. The molecule has 1 heterocycles. The van der Waals surface area contributed by atoms with Crippen molar-refractivity contribution in [2.24, 2.45) is 0 Å². The predicted octanol–water partition coefficient (Wildman–Crippen LogP) is 3.93. The van der Waals surface area contributed by atoms with Crippen LogP contribution >= 0.6 is 0 Å². The number of halogens is 1. The topological polar surface area (TPSA) is 68.0 Å². The lowest BCUT2D eigenvalue weighted by Gasteiger charge is -2.10. The normalized spacial score (nSPS) is 12.0. The van der Waals surface area contributed by atoms with E-state index in [0.717, 1.165) is 12.0 Å². The van der Waals surface area contributed by atoms with Gasteiger partial charge in [0.1, 0.15) is 11.9 Å². The first kappa shape index (κ1) is 16.8. The van der Waals surface area contributed by atoms with Gasteiger partial charge in [-0.15, -0.1) is 0 Å². The molecule has 0 saturated carbocycles. The lowest BCUT2D eigenvalue weighted by molar-refractivity contribution is 0.0928. The van der Waals surface area contributed by atoms with E-state index in [1.165, 1.54) is 23.8 Å². The number of aryl methyl sites for hydroxylation is 1. The number of benzene rings is 2. The molecule has 6 heteroatoms. The number of aromatic nitrogens is 2. The molecule has 0 saturated heterocycles. The molecule has 3 rings (SSSR count). The van der Waals surface area contributed by atoms with Gasteiger partial charge in [0.25, 0.3) is 5.91 Å². The van der Waals surface area contributed by atoms with Crippen LogP contribution in [0.2, 0.25) is 0 Å². The van der Waals surface area contributed by atoms with Crippen LogP contribution in [0.3, 0.4) is 0 Å². The highest BCUT2D eigenvalue weighted by molar-refractivity contribution is 5.94. The Morgan fingerprint density at radius 2 is 1.92 bits per heavy atom. The minimum Gasteiger partial charge on any atom is -0.340 e. The first-order valence-electron chi connectivity index (χ1n) is 8.06. The van der Waals surface area contributed by atoms with E-state index in [-0.39, 0.29) is 11.5 Å². The fraction of sp³-hybridized carbons (Fsp3) is 0.211. The number of hydrogen-bond donors (Lipinski definition) is 1. The van der Waals surface area contributed by atoms with E-state index in [1.54, 1.807) is 13.0 Å². The second kappa shape index (κ2) is 7.25. The van der Waals surface area contributed by atoms with Gasteiger partial charge in [0.05, 0.1) is 5.56 Å². The van der Waals surface area contributed by atoms with E-state index in [4.69, 9.17) is 4.52 Å². The summed E-state index contributed by atoms with van der Waals surface area (Å²) in [7, 11) is 0. The van der Waals surface area contributed by atoms with E-state index in [1.807, 2.05) is 24.3 Å². The predicted molar refractivity (Wildman–Crippen MR) is 91.4 cm³/mol. The molecule has 0 aliphatic carbocycles. The van der Waals surface area contributed by atoms with Gasteiger partial charge >= 0.3 is 0 Å². The zero-order chi connectivity index (χ0) is 17.8. The van der Waals surface area contributed by atoms with Gasteiger partial charge in [-0.25, -0.2) is 4.39 Å². The van der Waals surface area contributed by atoms with Crippen LogP contribution in [0.1, 0.15) is 41.7 Å². The van der Waals surface area contributed by atoms with Crippen molar-refractivity contribution in [1.82, 2.24) is 15.5 Å². The van der Waals surface area contributed by atoms with Gasteiger partial charge in [-0.1, -0.05) is 48.5 Å². The molecule has 0 fully saturated rings. The SMILES string of the molecule is CCc1ccc(-c2noc(C(C)NC(=O)c3ccccc3F)n2)cc1. The van der Waals surface area contributed by atoms with Crippen molar-refractivity contribution in [2.75, 3.05) is 0 Å². The van der Waals surface area contributed by atoms with E-state index in [9.17, 15) is 9.18 Å². The number of carbonyl (C=O) groups excluding carboxylic acids is 1. The van der Waals surface area contributed by atoms with Gasteiger partial charge < -0.3 is 9.84 Å². The Labute approximate surface area is 144 Å². The third kappa shape index (κ3) is 3.74. The molecular weight excluding hydrogens is 321 g/mol. The molecule has 0 spiro atoms. The van der Waals surface area contributed by atoms with Crippen molar-refractivity contribution >= 4 is 5.91 Å². The lowest BCUT2D eigenvalue weighted by atomic mass is 10.1. The van der Waals surface area contributed by atoms with Crippen molar-refractivity contribution in [3.05, 3.63) is 71.4 Å². The smallest absolute Gasteiger partial charge is 0.254 e. The van der Waals surface area contributed by atoms with Gasteiger partial charge in [-0.2, -0.15) is 4.98 Å². The highest BCUT2D eigenvalue weighted by Crippen LogP contribution is 2.20. The highest BCUT2D eigenvalue weighted by atomic mass is 19.1. The quantitative estimate of drug-likeness (QED) is 0.765. The lowest BCUT2D eigenvalue weighted by Crippen LogP contribution is -2.27. The molecule has 1 N–H and O–H groups in total. The maximum absolute atomic E-state index is 13.7. The maximum atomic E-state index is 13.7. The average Bonchev–Trinajstić information content (AvgIpc) is 3.12. The Morgan fingerprint density at radius 1 is 1.20 bits per heavy atom. The number of nitrogens with zero attached hydrogens (tertiary/aromatic N) is 2. The summed E-state index contributed by atoms with van der Waals surface area (Å²) in [6, 6.07) is 13.1. The van der Waals surface area contributed by atoms with Crippen molar-refractivity contribution in [3.63, 3.8) is 0 Å². The van der Waals surface area contributed by atoms with Gasteiger partial charge in [-0.05, 0) is 31.0 Å². The summed E-state index contributed by atoms with van der Waals surface area (Å²) in [4.78, 5) is 16.5. The Balaban J connectivity index is 1.73. The van der Waals surface area contributed by atoms with Crippen LogP contribution < -0.4 is 5.32 Å². The number of rotatable bonds is 5. The summed E-state index contributed by atoms with van der Waals surface area (Å²) in [6.07, 6.45) is 0.955. The van der Waals surface area contributed by atoms with Gasteiger partial charge in [0.15, 0.2) is 0 Å². The first-order valence-corrected chi connectivity index (χ1v) is 8.06. The monoisotopic (exact) mass is 339 g/mol. The van der Waals surface area contributed by atoms with Crippen molar-refractivity contribution in [1.29, 1.82) is 0 Å². The van der Waals surface area contributed by atoms with Crippen LogP contribution in [0.4, 0.5) is 4.39 Å². The summed E-state index contributed by atoms with van der Waals surface area (Å²) in [5, 5.41) is 6.61. The number of amides is 1. The maximum Gasteiger partial charge on any atom is 0.254 e. The summed E-state index contributed by atoms with van der Waals surface area (Å²) < 4.78 is 18.9. The third-order valence-electron chi connectivity index (χ3n) is 3.90. The Morgan fingerprint density at radius 3 is 2.60 bits per heavy atom. The molecule has 5 nitrogen and oxygen atoms in total. The van der Waals surface area contributed by atoms with Crippen LogP contribution in [0.25, 0.3) is 11.4 Å². The largest absolute Gasteiger partial charge is 0.340 e. The molecule has 0 aliphatic heterocycles. The third-order valence-corrected chi connectivity index (χ3v) is 3.90. The Bertz CT molecular complexity index is 874. The van der Waals surface area contributed by atoms with Gasteiger partial charge in [0.2, 0.25) is 11.7 Å². The Hall–Kier alpha value is -3.02. The van der Waals surface area contributed by atoms with Crippen LogP contribution in [0, 0.1) is 5.82 Å². The molecule has 0 aliphatic rings. The molecule has 1 unspecified atom stereocenters. The van der Waals surface area contributed by atoms with Crippen LogP contribution in [-0.2, 0) is 6.42 Å². The zero-order valence-electron chi connectivity index (χ0n) is 14.0. The second-order valence-corrected chi connectivity index (χ2v) is 5.68. The van der Waals surface area contributed by atoms with Crippen LogP contribution in [0.15, 0.2) is 53.1 Å². The van der Waals surface area contributed by atoms with Crippen LogP contribution in [0.5, 0.6) is 0 Å². The summed E-state index contributed by atoms with van der Waals surface area (Å²) in [6.45, 7) is 3.79. The number of nitrogens with one attached hydrogen (secondary N) is 1. The van der Waals surface area contributed by atoms with E-state index >= 15 is 0 Å². The molecule has 1 amide bonds. The first-order chi connectivity index (χ1) is 12.1. The molecule has 0 radical (unpaired) electrons. The van der Waals surface area contributed by atoms with Gasteiger partial charge in [-0.3, -0.25) is 4.79 Å². The van der Waals surface area contributed by atoms with Crippen molar-refractivity contribution in [3.8, 4) is 11.4 Å². The average molecular weight is 339 g/mol. The molecule has 2 aromatic carbocycles. The fourth-order valence-corrected chi connectivity index (χ4v) is 2.40. The van der Waals surface area contributed by atoms with E-state index in [2.05, 4.69) is 22.4 Å². The summed E-state index contributed by atoms with van der Waals surface area (Å²) in [5.41, 5.74) is 2.03. The van der Waals surface area contributed by atoms with Crippen LogP contribution in [-0.4, -0.2) is 16.0 Å². The van der Waals surface area contributed by atoms with E-state index in [0.29, 0.717) is 5.82 Å². The molecule has 25 heavy (non-hydrogen) atoms. The number of carbonyl (C=O) groups is 1. The molecule has 1 atom stereocenters. The molecular formula is C19H18FN3O2. The Kier molecular flexibility index (Phi) is 4.88. The molecule has 1 aromatic heterocycles. The second-order valence-electron chi connectivity index (χ2n) is 5.68. The fourth-order valence-electron chi connectivity index (χ4n) is 2.40. The minimum absolute atomic E-state index is 0.0238. The summed E-state index contributed by atoms with van der Waals surface area (Å²) in [5.74, 6) is -0.393. The van der Waals surface area contributed by atoms with Crippen molar-refractivity contribution in [2.45, 2.75) is 26.3 Å². The minimum atomic E-state index is -0.575. The van der Waals surface area contributed by atoms with E-state index < -0.39 is 17.8 Å². The van der Waals surface area contributed by atoms with Gasteiger partial charge in [0, 0.05) is 5.56 Å². The standard InChI is InChI=1S/C19H18FN3O2/c1-3-13-8-10-14(11-9-13)17-22-19(25-23-17)12(2)21-18(24)15-6-4-5-7-16(15)20/h4-12H,3H2,1-2H3,(H,21,24). The highest BCUT2D eigenvalue weighted by Gasteiger charge is 2.19. The molecule has 128 valence electrons. The summed E-state index contributed by atoms with van der Waals surface area (Å²) >= 11 is 0.